The van der Waals surface area contributed by atoms with Gasteiger partial charge < -0.3 is 10.1 Å². The molecule has 5 nitrogen and oxygen atoms in total. The van der Waals surface area contributed by atoms with Crippen molar-refractivity contribution in [2.24, 2.45) is 0 Å². The van der Waals surface area contributed by atoms with Crippen LogP contribution in [0, 0.1) is 6.92 Å². The lowest BCUT2D eigenvalue weighted by atomic mass is 10.1. The summed E-state index contributed by atoms with van der Waals surface area (Å²) in [5, 5.41) is 3.31. The number of hydrogen-bond donors (Lipinski definition) is 1. The first-order chi connectivity index (χ1) is 12.6. The van der Waals surface area contributed by atoms with E-state index in [9.17, 15) is 4.79 Å². The van der Waals surface area contributed by atoms with E-state index in [4.69, 9.17) is 16.3 Å². The summed E-state index contributed by atoms with van der Waals surface area (Å²) in [7, 11) is 1.53. The van der Waals surface area contributed by atoms with E-state index < -0.39 is 0 Å². The van der Waals surface area contributed by atoms with Gasteiger partial charge in [-0.15, -0.1) is 0 Å². The summed E-state index contributed by atoms with van der Waals surface area (Å²) < 4.78 is 5.25. The Labute approximate surface area is 157 Å². The van der Waals surface area contributed by atoms with Gasteiger partial charge in [0.1, 0.15) is 11.6 Å². The first-order valence-corrected chi connectivity index (χ1v) is 8.46. The lowest BCUT2D eigenvalue weighted by Crippen LogP contribution is -2.16. The fourth-order valence-electron chi connectivity index (χ4n) is 2.57. The second-order valence-electron chi connectivity index (χ2n) is 5.75. The molecule has 2 aromatic carbocycles. The van der Waals surface area contributed by atoms with Crippen LogP contribution in [0.1, 0.15) is 27.4 Å². The van der Waals surface area contributed by atoms with Crippen molar-refractivity contribution in [3.8, 4) is 5.75 Å². The van der Waals surface area contributed by atoms with Gasteiger partial charge in [-0.3, -0.25) is 4.79 Å². The average molecular weight is 368 g/mol. The van der Waals surface area contributed by atoms with E-state index in [-0.39, 0.29) is 5.91 Å². The van der Waals surface area contributed by atoms with Crippen molar-refractivity contribution < 1.29 is 9.53 Å². The molecule has 0 saturated heterocycles. The first-order valence-electron chi connectivity index (χ1n) is 8.08. The molecule has 1 heterocycles. The zero-order valence-electron chi connectivity index (χ0n) is 14.5. The molecule has 6 heteroatoms. The van der Waals surface area contributed by atoms with Gasteiger partial charge in [0, 0.05) is 17.6 Å². The number of aromatic nitrogens is 2. The Bertz CT molecular complexity index is 930. The molecule has 0 aliphatic rings. The fourth-order valence-corrected chi connectivity index (χ4v) is 2.74. The number of halogens is 1. The van der Waals surface area contributed by atoms with Crippen LogP contribution < -0.4 is 10.1 Å². The maximum Gasteiger partial charge on any atom is 0.259 e. The van der Waals surface area contributed by atoms with E-state index in [1.807, 2.05) is 30.3 Å². The summed E-state index contributed by atoms with van der Waals surface area (Å²) in [6.45, 7) is 1.79. The lowest BCUT2D eigenvalue weighted by Gasteiger charge is -2.12. The van der Waals surface area contributed by atoms with Gasteiger partial charge in [-0.25, -0.2) is 9.97 Å². The van der Waals surface area contributed by atoms with Gasteiger partial charge in [0.15, 0.2) is 0 Å². The van der Waals surface area contributed by atoms with Gasteiger partial charge >= 0.3 is 0 Å². The van der Waals surface area contributed by atoms with Gasteiger partial charge in [-0.2, -0.15) is 0 Å². The summed E-state index contributed by atoms with van der Waals surface area (Å²) in [6, 6.07) is 15.0. The molecule has 1 amide bonds. The minimum Gasteiger partial charge on any atom is -0.495 e. The standard InChI is InChI=1S/C20H18ClN3O2/c1-13-16(12-22-19(23-13)10-14-6-4-3-5-7-14)20(25)24-17-11-15(21)8-9-18(17)26-2/h3-9,11-12H,10H2,1-2H3,(H,24,25). The van der Waals surface area contributed by atoms with Crippen molar-refractivity contribution in [1.82, 2.24) is 9.97 Å². The van der Waals surface area contributed by atoms with Crippen molar-refractivity contribution in [2.75, 3.05) is 12.4 Å². The van der Waals surface area contributed by atoms with E-state index in [2.05, 4.69) is 15.3 Å². The molecule has 0 saturated carbocycles. The van der Waals surface area contributed by atoms with Crippen molar-refractivity contribution in [2.45, 2.75) is 13.3 Å². The quantitative estimate of drug-likeness (QED) is 0.730. The number of nitrogens with zero attached hydrogens (tertiary/aromatic N) is 2. The molecular formula is C20H18ClN3O2. The van der Waals surface area contributed by atoms with Gasteiger partial charge in [0.05, 0.1) is 24.1 Å². The van der Waals surface area contributed by atoms with E-state index in [1.54, 1.807) is 31.3 Å². The maximum absolute atomic E-state index is 12.6. The summed E-state index contributed by atoms with van der Waals surface area (Å²) >= 11 is 6.00. The number of benzene rings is 2. The molecule has 0 fully saturated rings. The number of carbonyl (C=O) groups excluding carboxylic acids is 1. The number of nitrogens with one attached hydrogen (secondary N) is 1. The minimum atomic E-state index is -0.311. The molecule has 26 heavy (non-hydrogen) atoms. The highest BCUT2D eigenvalue weighted by atomic mass is 35.5. The van der Waals surface area contributed by atoms with E-state index in [1.165, 1.54) is 7.11 Å². The van der Waals surface area contributed by atoms with Crippen LogP contribution >= 0.6 is 11.6 Å². The molecule has 1 aromatic heterocycles. The Balaban J connectivity index is 1.79. The fraction of sp³-hybridized carbons (Fsp3) is 0.150. The molecule has 0 aliphatic carbocycles. The Morgan fingerprint density at radius 2 is 1.96 bits per heavy atom. The zero-order valence-corrected chi connectivity index (χ0v) is 15.2. The molecule has 132 valence electrons. The molecule has 3 aromatic rings. The molecule has 0 spiro atoms. The average Bonchev–Trinajstić information content (AvgIpc) is 2.63. The summed E-state index contributed by atoms with van der Waals surface area (Å²) in [5.41, 5.74) is 2.64. The third-order valence-corrected chi connectivity index (χ3v) is 4.12. The summed E-state index contributed by atoms with van der Waals surface area (Å²) in [4.78, 5) is 21.4. The van der Waals surface area contributed by atoms with E-state index in [0.717, 1.165) is 5.56 Å². The first kappa shape index (κ1) is 17.9. The molecule has 0 unspecified atom stereocenters. The van der Waals surface area contributed by atoms with Crippen LogP contribution in [0.25, 0.3) is 0 Å². The van der Waals surface area contributed by atoms with Gasteiger partial charge in [-0.1, -0.05) is 41.9 Å². The smallest absolute Gasteiger partial charge is 0.259 e. The second-order valence-corrected chi connectivity index (χ2v) is 6.18. The topological polar surface area (TPSA) is 64.1 Å². The van der Waals surface area contributed by atoms with Crippen LogP contribution in [-0.2, 0) is 6.42 Å². The SMILES string of the molecule is COc1ccc(Cl)cc1NC(=O)c1cnc(Cc2ccccc2)nc1C. The Kier molecular flexibility index (Phi) is 5.49. The molecule has 0 bridgehead atoms. The number of ether oxygens (including phenoxy) is 1. The minimum absolute atomic E-state index is 0.311. The van der Waals surface area contributed by atoms with Crippen LogP contribution in [0.5, 0.6) is 5.75 Å². The molecule has 0 radical (unpaired) electrons. The van der Waals surface area contributed by atoms with Crippen LogP contribution in [0.2, 0.25) is 5.02 Å². The molecule has 0 aliphatic heterocycles. The zero-order chi connectivity index (χ0) is 18.5. The summed E-state index contributed by atoms with van der Waals surface area (Å²) in [6.07, 6.45) is 2.17. The molecule has 0 atom stereocenters. The normalized spacial score (nSPS) is 10.4. The number of methoxy groups -OCH3 is 1. The number of hydrogen-bond acceptors (Lipinski definition) is 4. The molecule has 3 rings (SSSR count). The largest absolute Gasteiger partial charge is 0.495 e. The van der Waals surface area contributed by atoms with Gasteiger partial charge in [0.2, 0.25) is 0 Å². The van der Waals surface area contributed by atoms with Crippen molar-refractivity contribution >= 4 is 23.2 Å². The Morgan fingerprint density at radius 3 is 2.65 bits per heavy atom. The van der Waals surface area contributed by atoms with E-state index in [0.29, 0.717) is 40.0 Å². The maximum atomic E-state index is 12.6. The number of anilines is 1. The Hall–Kier alpha value is -2.92. The van der Waals surface area contributed by atoms with Gasteiger partial charge in [0.25, 0.3) is 5.91 Å². The predicted molar refractivity (Wildman–Crippen MR) is 102 cm³/mol. The number of amides is 1. The number of aryl methyl sites for hydroxylation is 1. The highest BCUT2D eigenvalue weighted by Crippen LogP contribution is 2.28. The van der Waals surface area contributed by atoms with Crippen molar-refractivity contribution in [3.05, 3.63) is 82.4 Å². The number of carbonyl (C=O) groups is 1. The second kappa shape index (κ2) is 7.97. The highest BCUT2D eigenvalue weighted by Gasteiger charge is 2.14. The van der Waals surface area contributed by atoms with Crippen LogP contribution in [0.4, 0.5) is 5.69 Å². The van der Waals surface area contributed by atoms with Crippen LogP contribution in [0.3, 0.4) is 0 Å². The molecular weight excluding hydrogens is 350 g/mol. The lowest BCUT2D eigenvalue weighted by molar-refractivity contribution is 0.102. The summed E-state index contributed by atoms with van der Waals surface area (Å²) in [5.74, 6) is 0.891. The van der Waals surface area contributed by atoms with Crippen LogP contribution in [0.15, 0.2) is 54.7 Å². The highest BCUT2D eigenvalue weighted by molar-refractivity contribution is 6.31. The van der Waals surface area contributed by atoms with E-state index >= 15 is 0 Å². The van der Waals surface area contributed by atoms with Crippen LogP contribution in [-0.4, -0.2) is 23.0 Å². The van der Waals surface area contributed by atoms with Crippen molar-refractivity contribution in [3.63, 3.8) is 0 Å². The van der Waals surface area contributed by atoms with Crippen molar-refractivity contribution in [1.29, 1.82) is 0 Å². The monoisotopic (exact) mass is 367 g/mol. The third kappa shape index (κ3) is 4.18. The van der Waals surface area contributed by atoms with Gasteiger partial charge in [-0.05, 0) is 30.7 Å². The predicted octanol–water partition coefficient (Wildman–Crippen LogP) is 4.29. The molecule has 1 N–H and O–H groups in total. The number of rotatable bonds is 5. The third-order valence-electron chi connectivity index (χ3n) is 3.89. The Morgan fingerprint density at radius 1 is 1.19 bits per heavy atom.